The summed E-state index contributed by atoms with van der Waals surface area (Å²) in [6.07, 6.45) is 1.47. The van der Waals surface area contributed by atoms with Crippen molar-refractivity contribution in [2.45, 2.75) is 13.0 Å². The predicted molar refractivity (Wildman–Crippen MR) is 105 cm³/mol. The van der Waals surface area contributed by atoms with Crippen molar-refractivity contribution in [2.75, 3.05) is 13.7 Å². The Labute approximate surface area is 163 Å². The van der Waals surface area contributed by atoms with E-state index in [0.29, 0.717) is 23.4 Å². The third-order valence-corrected chi connectivity index (χ3v) is 3.69. The van der Waals surface area contributed by atoms with Crippen LogP contribution < -0.4 is 15.4 Å². The summed E-state index contributed by atoms with van der Waals surface area (Å²) < 4.78 is 10.5. The lowest BCUT2D eigenvalue weighted by molar-refractivity contribution is -0.151. The number of benzene rings is 2. The number of rotatable bonds is 7. The van der Waals surface area contributed by atoms with Crippen molar-refractivity contribution in [1.29, 1.82) is 0 Å². The zero-order valence-corrected chi connectivity index (χ0v) is 15.7. The number of methoxy groups -OCH3 is 1. The molecule has 0 radical (unpaired) electrons. The van der Waals surface area contributed by atoms with Gasteiger partial charge < -0.3 is 14.8 Å². The van der Waals surface area contributed by atoms with Gasteiger partial charge in [-0.3, -0.25) is 10.1 Å². The Kier molecular flexibility index (Phi) is 7.77. The molecule has 0 heterocycles. The van der Waals surface area contributed by atoms with E-state index in [9.17, 15) is 14.4 Å². The Morgan fingerprint density at radius 3 is 2.39 bits per heavy atom. The van der Waals surface area contributed by atoms with Gasteiger partial charge in [0.25, 0.3) is 5.91 Å². The highest BCUT2D eigenvalue weighted by Crippen LogP contribution is 2.20. The van der Waals surface area contributed by atoms with Crippen molar-refractivity contribution in [1.82, 2.24) is 10.6 Å². The molecule has 0 aliphatic heterocycles. The molecule has 2 aromatic carbocycles. The summed E-state index contributed by atoms with van der Waals surface area (Å²) in [6, 6.07) is 15.0. The predicted octanol–water partition coefficient (Wildman–Crippen LogP) is 2.84. The molecule has 2 aromatic rings. The molecular formula is C21H22N2O5. The number of ether oxygens (including phenoxy) is 2. The van der Waals surface area contributed by atoms with Crippen molar-refractivity contribution >= 4 is 24.0 Å². The van der Waals surface area contributed by atoms with Crippen LogP contribution in [-0.2, 0) is 14.3 Å². The molecule has 146 valence electrons. The van der Waals surface area contributed by atoms with Crippen LogP contribution in [0.2, 0.25) is 0 Å². The average molecular weight is 382 g/mol. The van der Waals surface area contributed by atoms with E-state index in [2.05, 4.69) is 10.6 Å². The molecule has 0 saturated heterocycles. The van der Waals surface area contributed by atoms with Crippen molar-refractivity contribution < 1.29 is 23.9 Å². The Balaban J connectivity index is 2.15. The second-order valence-corrected chi connectivity index (χ2v) is 5.65. The van der Waals surface area contributed by atoms with Gasteiger partial charge in [-0.25, -0.2) is 9.59 Å². The highest BCUT2D eigenvalue weighted by molar-refractivity contribution is 5.98. The zero-order chi connectivity index (χ0) is 20.4. The number of imide groups is 1. The highest BCUT2D eigenvalue weighted by Gasteiger charge is 2.25. The molecule has 2 rings (SSSR count). The number of urea groups is 1. The highest BCUT2D eigenvalue weighted by atomic mass is 16.5. The number of carbonyl (C=O) groups excluding carboxylic acids is 3. The van der Waals surface area contributed by atoms with Crippen molar-refractivity contribution in [2.24, 2.45) is 0 Å². The van der Waals surface area contributed by atoms with Gasteiger partial charge in [-0.1, -0.05) is 48.5 Å². The first-order valence-corrected chi connectivity index (χ1v) is 8.70. The minimum atomic E-state index is -1.27. The fraction of sp³-hybridized carbons (Fsp3) is 0.190. The van der Waals surface area contributed by atoms with Gasteiger partial charge in [0, 0.05) is 23.7 Å². The molecule has 3 amide bonds. The van der Waals surface area contributed by atoms with E-state index in [4.69, 9.17) is 9.47 Å². The van der Waals surface area contributed by atoms with Crippen LogP contribution in [0.15, 0.2) is 60.7 Å². The van der Waals surface area contributed by atoms with E-state index in [-0.39, 0.29) is 0 Å². The van der Waals surface area contributed by atoms with Gasteiger partial charge in [0.05, 0.1) is 7.11 Å². The number of nitrogens with one attached hydrogen (secondary N) is 2. The van der Waals surface area contributed by atoms with Crippen molar-refractivity contribution in [3.63, 3.8) is 0 Å². The van der Waals surface area contributed by atoms with Gasteiger partial charge in [-0.05, 0) is 19.1 Å². The van der Waals surface area contributed by atoms with E-state index in [1.807, 2.05) is 6.07 Å². The number of hydrogen-bond donors (Lipinski definition) is 2. The molecule has 0 aliphatic rings. The third kappa shape index (κ3) is 5.98. The van der Waals surface area contributed by atoms with Gasteiger partial charge in [-0.2, -0.15) is 0 Å². The lowest BCUT2D eigenvalue weighted by atomic mass is 10.1. The second kappa shape index (κ2) is 10.5. The van der Waals surface area contributed by atoms with Crippen molar-refractivity contribution in [3.05, 3.63) is 71.8 Å². The SMILES string of the molecule is CCNC(=O)NC(=O)C(OC(=O)/C=C/c1ccccc1OC)c1ccccc1. The first-order valence-electron chi connectivity index (χ1n) is 8.70. The Hall–Kier alpha value is -3.61. The lowest BCUT2D eigenvalue weighted by Crippen LogP contribution is -2.42. The summed E-state index contributed by atoms with van der Waals surface area (Å²) in [5.74, 6) is -0.873. The number of para-hydroxylation sites is 1. The summed E-state index contributed by atoms with van der Waals surface area (Å²) >= 11 is 0. The molecule has 0 aromatic heterocycles. The summed E-state index contributed by atoms with van der Waals surface area (Å²) in [4.78, 5) is 36.4. The third-order valence-electron chi connectivity index (χ3n) is 3.69. The van der Waals surface area contributed by atoms with Crippen LogP contribution in [0.5, 0.6) is 5.75 Å². The van der Waals surface area contributed by atoms with E-state index < -0.39 is 24.0 Å². The number of hydrogen-bond acceptors (Lipinski definition) is 5. The Bertz CT molecular complexity index is 849. The molecule has 0 aliphatic carbocycles. The molecule has 7 heteroatoms. The molecule has 7 nitrogen and oxygen atoms in total. The number of carbonyl (C=O) groups is 3. The maximum atomic E-state index is 12.4. The Morgan fingerprint density at radius 2 is 1.71 bits per heavy atom. The maximum Gasteiger partial charge on any atom is 0.331 e. The second-order valence-electron chi connectivity index (χ2n) is 5.65. The maximum absolute atomic E-state index is 12.4. The minimum absolute atomic E-state index is 0.358. The lowest BCUT2D eigenvalue weighted by Gasteiger charge is -2.16. The van der Waals surface area contributed by atoms with Gasteiger partial charge in [0.2, 0.25) is 6.10 Å². The monoisotopic (exact) mass is 382 g/mol. The van der Waals surface area contributed by atoms with Crippen LogP contribution >= 0.6 is 0 Å². The van der Waals surface area contributed by atoms with Crippen LogP contribution in [0.1, 0.15) is 24.2 Å². The Morgan fingerprint density at radius 1 is 1.04 bits per heavy atom. The number of esters is 1. The quantitative estimate of drug-likeness (QED) is 0.567. The van der Waals surface area contributed by atoms with Crippen molar-refractivity contribution in [3.8, 4) is 5.75 Å². The van der Waals surface area contributed by atoms with E-state index in [1.54, 1.807) is 55.5 Å². The van der Waals surface area contributed by atoms with Crippen LogP contribution in [0.25, 0.3) is 6.08 Å². The topological polar surface area (TPSA) is 93.7 Å². The number of amides is 3. The largest absolute Gasteiger partial charge is 0.496 e. The van der Waals surface area contributed by atoms with E-state index in [0.717, 1.165) is 0 Å². The first-order chi connectivity index (χ1) is 13.5. The fourth-order valence-electron chi connectivity index (χ4n) is 2.40. The smallest absolute Gasteiger partial charge is 0.331 e. The normalized spacial score (nSPS) is 11.5. The zero-order valence-electron chi connectivity index (χ0n) is 15.7. The molecule has 0 bridgehead atoms. The molecule has 0 fully saturated rings. The summed E-state index contributed by atoms with van der Waals surface area (Å²) in [5, 5.41) is 4.62. The fourth-order valence-corrected chi connectivity index (χ4v) is 2.40. The molecular weight excluding hydrogens is 360 g/mol. The molecule has 1 unspecified atom stereocenters. The van der Waals surface area contributed by atoms with Gasteiger partial charge >= 0.3 is 12.0 Å². The molecule has 2 N–H and O–H groups in total. The summed E-state index contributed by atoms with van der Waals surface area (Å²) in [7, 11) is 1.53. The molecule has 1 atom stereocenters. The van der Waals surface area contributed by atoms with E-state index in [1.165, 1.54) is 19.3 Å². The average Bonchev–Trinajstić information content (AvgIpc) is 2.71. The molecule has 28 heavy (non-hydrogen) atoms. The molecule has 0 saturated carbocycles. The van der Waals surface area contributed by atoms with E-state index >= 15 is 0 Å². The van der Waals surface area contributed by atoms with Gasteiger partial charge in [0.15, 0.2) is 0 Å². The van der Waals surface area contributed by atoms with Gasteiger partial charge in [0.1, 0.15) is 5.75 Å². The summed E-state index contributed by atoms with van der Waals surface area (Å²) in [6.45, 7) is 2.08. The summed E-state index contributed by atoms with van der Waals surface area (Å²) in [5.41, 5.74) is 1.13. The molecule has 0 spiro atoms. The van der Waals surface area contributed by atoms with Crippen LogP contribution in [0, 0.1) is 0 Å². The van der Waals surface area contributed by atoms with Crippen LogP contribution in [-0.4, -0.2) is 31.6 Å². The first kappa shape index (κ1) is 20.7. The minimum Gasteiger partial charge on any atom is -0.496 e. The standard InChI is InChI=1S/C21H22N2O5/c1-3-22-21(26)23-20(25)19(16-10-5-4-6-11-16)28-18(24)14-13-15-9-7-8-12-17(15)27-2/h4-14,19H,3H2,1-2H3,(H2,22,23,25,26)/b14-13+. The van der Waals surface area contributed by atoms with Gasteiger partial charge in [-0.15, -0.1) is 0 Å². The van der Waals surface area contributed by atoms with Crippen LogP contribution in [0.3, 0.4) is 0 Å². The van der Waals surface area contributed by atoms with Crippen LogP contribution in [0.4, 0.5) is 4.79 Å².